The van der Waals surface area contributed by atoms with E-state index >= 15 is 0 Å². The van der Waals surface area contributed by atoms with Gasteiger partial charge < -0.3 is 25.4 Å². The van der Waals surface area contributed by atoms with Gasteiger partial charge in [0, 0.05) is 25.2 Å². The zero-order valence-corrected chi connectivity index (χ0v) is 13.2. The van der Waals surface area contributed by atoms with Crippen molar-refractivity contribution >= 4 is 17.6 Å². The molecule has 0 aliphatic carbocycles. The highest BCUT2D eigenvalue weighted by Crippen LogP contribution is 2.21. The minimum atomic E-state index is -0.318. The fourth-order valence-corrected chi connectivity index (χ4v) is 2.42. The maximum atomic E-state index is 12.1. The van der Waals surface area contributed by atoms with E-state index in [0.29, 0.717) is 26.1 Å². The van der Waals surface area contributed by atoms with E-state index in [2.05, 4.69) is 10.6 Å². The molecular formula is C16H23N3O4. The zero-order chi connectivity index (χ0) is 16.7. The number of benzene rings is 1. The lowest BCUT2D eigenvalue weighted by molar-refractivity contribution is -0.117. The van der Waals surface area contributed by atoms with Gasteiger partial charge in [-0.15, -0.1) is 0 Å². The summed E-state index contributed by atoms with van der Waals surface area (Å²) in [6, 6.07) is 7.22. The van der Waals surface area contributed by atoms with Gasteiger partial charge in [0.2, 0.25) is 5.91 Å². The quantitative estimate of drug-likeness (QED) is 0.634. The van der Waals surface area contributed by atoms with E-state index in [1.54, 1.807) is 4.90 Å². The number of aryl methyl sites for hydroxylation is 1. The van der Waals surface area contributed by atoms with Gasteiger partial charge in [-0.3, -0.25) is 4.79 Å². The third kappa shape index (κ3) is 5.22. The Bertz CT molecular complexity index is 533. The molecular weight excluding hydrogens is 298 g/mol. The Kier molecular flexibility index (Phi) is 6.37. The Morgan fingerprint density at radius 1 is 1.35 bits per heavy atom. The molecule has 1 aromatic carbocycles. The molecule has 1 heterocycles. The molecule has 0 bridgehead atoms. The molecule has 1 aliphatic rings. The molecule has 7 nitrogen and oxygen atoms in total. The summed E-state index contributed by atoms with van der Waals surface area (Å²) in [5.74, 6) is 0.00503. The first kappa shape index (κ1) is 17.2. The highest BCUT2D eigenvalue weighted by atomic mass is 16.5. The van der Waals surface area contributed by atoms with Crippen molar-refractivity contribution in [3.63, 3.8) is 0 Å². The van der Waals surface area contributed by atoms with Crippen molar-refractivity contribution in [3.05, 3.63) is 29.8 Å². The summed E-state index contributed by atoms with van der Waals surface area (Å²) in [6.07, 6.45) is 0.294. The van der Waals surface area contributed by atoms with E-state index in [4.69, 9.17) is 9.84 Å². The van der Waals surface area contributed by atoms with Gasteiger partial charge in [-0.2, -0.15) is 0 Å². The standard InChI is InChI=1S/C16H23N3O4/c1-12-2-4-14(5-3-12)19-11-13(10-15(19)21)18-16(22)17-6-8-23-9-7-20/h2-5,13,20H,6-11H2,1H3,(H2,17,18,22)/t13-/m0/s1. The van der Waals surface area contributed by atoms with Crippen LogP contribution in [0.2, 0.25) is 0 Å². The van der Waals surface area contributed by atoms with Crippen LogP contribution in [0.3, 0.4) is 0 Å². The normalized spacial score (nSPS) is 17.4. The predicted molar refractivity (Wildman–Crippen MR) is 86.4 cm³/mol. The van der Waals surface area contributed by atoms with Gasteiger partial charge >= 0.3 is 6.03 Å². The Morgan fingerprint density at radius 3 is 2.78 bits per heavy atom. The number of amides is 3. The van der Waals surface area contributed by atoms with Gasteiger partial charge in [0.05, 0.1) is 25.9 Å². The number of aliphatic hydroxyl groups excluding tert-OH is 1. The van der Waals surface area contributed by atoms with Crippen LogP contribution in [0.5, 0.6) is 0 Å². The second kappa shape index (κ2) is 8.50. The first-order chi connectivity index (χ1) is 11.1. The number of rotatable bonds is 7. The fourth-order valence-electron chi connectivity index (χ4n) is 2.42. The molecule has 1 saturated heterocycles. The average Bonchev–Trinajstić information content (AvgIpc) is 2.88. The summed E-state index contributed by atoms with van der Waals surface area (Å²) in [4.78, 5) is 25.6. The van der Waals surface area contributed by atoms with Crippen molar-refractivity contribution in [2.24, 2.45) is 0 Å². The molecule has 1 aliphatic heterocycles. The van der Waals surface area contributed by atoms with Crippen molar-refractivity contribution in [2.75, 3.05) is 37.8 Å². The molecule has 0 saturated carbocycles. The Balaban J connectivity index is 1.76. The number of urea groups is 1. The third-order valence-electron chi connectivity index (χ3n) is 3.57. The molecule has 126 valence electrons. The summed E-state index contributed by atoms with van der Waals surface area (Å²) in [7, 11) is 0. The molecule has 0 spiro atoms. The van der Waals surface area contributed by atoms with Gasteiger partial charge in [0.1, 0.15) is 0 Å². The first-order valence-electron chi connectivity index (χ1n) is 7.70. The van der Waals surface area contributed by atoms with Crippen molar-refractivity contribution < 1.29 is 19.4 Å². The van der Waals surface area contributed by atoms with Crippen molar-refractivity contribution in [2.45, 2.75) is 19.4 Å². The lowest BCUT2D eigenvalue weighted by Gasteiger charge is -2.17. The van der Waals surface area contributed by atoms with Crippen LogP contribution in [0.1, 0.15) is 12.0 Å². The van der Waals surface area contributed by atoms with Crippen LogP contribution in [0, 0.1) is 6.92 Å². The second-order valence-corrected chi connectivity index (χ2v) is 5.48. The number of nitrogens with one attached hydrogen (secondary N) is 2. The number of aliphatic hydroxyl groups is 1. The predicted octanol–water partition coefficient (Wildman–Crippen LogP) is 0.408. The minimum Gasteiger partial charge on any atom is -0.394 e. The maximum absolute atomic E-state index is 12.1. The number of nitrogens with zero attached hydrogens (tertiary/aromatic N) is 1. The lowest BCUT2D eigenvalue weighted by atomic mass is 10.2. The van der Waals surface area contributed by atoms with Crippen LogP contribution in [0.25, 0.3) is 0 Å². The molecule has 0 aromatic heterocycles. The summed E-state index contributed by atoms with van der Waals surface area (Å²) in [6.45, 7) is 3.38. The number of carbonyl (C=O) groups is 2. The highest BCUT2D eigenvalue weighted by molar-refractivity contribution is 5.96. The van der Waals surface area contributed by atoms with Crippen LogP contribution in [-0.2, 0) is 9.53 Å². The van der Waals surface area contributed by atoms with Gasteiger partial charge in [-0.25, -0.2) is 4.79 Å². The van der Waals surface area contributed by atoms with E-state index < -0.39 is 0 Å². The van der Waals surface area contributed by atoms with Gasteiger partial charge in [-0.05, 0) is 19.1 Å². The molecule has 7 heteroatoms. The Labute approximate surface area is 135 Å². The zero-order valence-electron chi connectivity index (χ0n) is 13.2. The van der Waals surface area contributed by atoms with Crippen LogP contribution < -0.4 is 15.5 Å². The summed E-state index contributed by atoms with van der Waals surface area (Å²) in [5, 5.41) is 14.0. The van der Waals surface area contributed by atoms with Crippen LogP contribution in [0.15, 0.2) is 24.3 Å². The number of anilines is 1. The van der Waals surface area contributed by atoms with Crippen molar-refractivity contribution in [1.29, 1.82) is 0 Å². The van der Waals surface area contributed by atoms with Crippen LogP contribution in [-0.4, -0.2) is 56.0 Å². The smallest absolute Gasteiger partial charge is 0.315 e. The molecule has 0 radical (unpaired) electrons. The van der Waals surface area contributed by atoms with Gasteiger partial charge in [0.15, 0.2) is 0 Å². The van der Waals surface area contributed by atoms with E-state index in [9.17, 15) is 9.59 Å². The summed E-state index contributed by atoms with van der Waals surface area (Å²) < 4.78 is 5.05. The van der Waals surface area contributed by atoms with E-state index in [1.165, 1.54) is 0 Å². The van der Waals surface area contributed by atoms with Gasteiger partial charge in [-0.1, -0.05) is 17.7 Å². The number of carbonyl (C=O) groups excluding carboxylic acids is 2. The highest BCUT2D eigenvalue weighted by Gasteiger charge is 2.31. The lowest BCUT2D eigenvalue weighted by Crippen LogP contribution is -2.44. The maximum Gasteiger partial charge on any atom is 0.315 e. The molecule has 3 amide bonds. The SMILES string of the molecule is Cc1ccc(N2C[C@@H](NC(=O)NCCOCCO)CC2=O)cc1. The molecule has 1 aromatic rings. The Hall–Kier alpha value is -2.12. The van der Waals surface area contributed by atoms with E-state index in [0.717, 1.165) is 11.3 Å². The van der Waals surface area contributed by atoms with Crippen LogP contribution >= 0.6 is 0 Å². The molecule has 1 fully saturated rings. The second-order valence-electron chi connectivity index (χ2n) is 5.48. The van der Waals surface area contributed by atoms with Gasteiger partial charge in [0.25, 0.3) is 0 Å². The molecule has 0 unspecified atom stereocenters. The minimum absolute atomic E-state index is 0.00503. The first-order valence-corrected chi connectivity index (χ1v) is 7.70. The Morgan fingerprint density at radius 2 is 2.09 bits per heavy atom. The average molecular weight is 321 g/mol. The van der Waals surface area contributed by atoms with Crippen LogP contribution in [0.4, 0.5) is 10.5 Å². The number of ether oxygens (including phenoxy) is 1. The molecule has 1 atom stereocenters. The fraction of sp³-hybridized carbons (Fsp3) is 0.500. The van der Waals surface area contributed by atoms with Crippen molar-refractivity contribution in [1.82, 2.24) is 10.6 Å². The number of hydrogen-bond donors (Lipinski definition) is 3. The topological polar surface area (TPSA) is 90.9 Å². The van der Waals surface area contributed by atoms with Crippen molar-refractivity contribution in [3.8, 4) is 0 Å². The monoisotopic (exact) mass is 321 g/mol. The van der Waals surface area contributed by atoms with E-state index in [1.807, 2.05) is 31.2 Å². The summed E-state index contributed by atoms with van der Waals surface area (Å²) >= 11 is 0. The summed E-state index contributed by atoms with van der Waals surface area (Å²) in [5.41, 5.74) is 1.99. The third-order valence-corrected chi connectivity index (χ3v) is 3.57. The van der Waals surface area contributed by atoms with E-state index in [-0.39, 0.29) is 31.2 Å². The largest absolute Gasteiger partial charge is 0.394 e. The molecule has 2 rings (SSSR count). The molecule has 23 heavy (non-hydrogen) atoms. The molecule has 3 N–H and O–H groups in total. The number of hydrogen-bond acceptors (Lipinski definition) is 4.